The van der Waals surface area contributed by atoms with Crippen LogP contribution in [0.3, 0.4) is 0 Å². The Labute approximate surface area is 82.7 Å². The summed E-state index contributed by atoms with van der Waals surface area (Å²) in [6, 6.07) is 0. The molecule has 0 N–H and O–H groups in total. The molecule has 0 saturated heterocycles. The van der Waals surface area contributed by atoms with Gasteiger partial charge >= 0.3 is 0 Å². The van der Waals surface area contributed by atoms with Crippen molar-refractivity contribution in [2.45, 2.75) is 58.8 Å². The molecule has 0 aromatic carbocycles. The summed E-state index contributed by atoms with van der Waals surface area (Å²) in [6.07, 6.45) is 0. The first-order valence-electron chi connectivity index (χ1n) is 4.51. The summed E-state index contributed by atoms with van der Waals surface area (Å²) < 4.78 is 54.3. The number of hydrogen-bond donors (Lipinski definition) is 0. The van der Waals surface area contributed by atoms with Crippen molar-refractivity contribution in [2.75, 3.05) is 0 Å². The SMILES string of the molecule is CC(C)(C)C(F)(F)C(C)(F)C(C)(C)F. The second-order valence-electron chi connectivity index (χ2n) is 5.30. The van der Waals surface area contributed by atoms with Crippen molar-refractivity contribution in [1.82, 2.24) is 0 Å². The van der Waals surface area contributed by atoms with Crippen LogP contribution in [0.4, 0.5) is 17.6 Å². The van der Waals surface area contributed by atoms with Gasteiger partial charge in [0.25, 0.3) is 5.92 Å². The molecule has 86 valence electrons. The van der Waals surface area contributed by atoms with E-state index in [2.05, 4.69) is 0 Å². The van der Waals surface area contributed by atoms with Gasteiger partial charge in [-0.2, -0.15) is 0 Å². The maximum absolute atomic E-state index is 13.7. The van der Waals surface area contributed by atoms with Crippen LogP contribution in [0.1, 0.15) is 41.5 Å². The maximum atomic E-state index is 13.7. The van der Waals surface area contributed by atoms with Crippen LogP contribution < -0.4 is 0 Å². The van der Waals surface area contributed by atoms with E-state index >= 15 is 0 Å². The highest BCUT2D eigenvalue weighted by Crippen LogP contribution is 2.51. The minimum Gasteiger partial charge on any atom is -0.241 e. The van der Waals surface area contributed by atoms with Crippen molar-refractivity contribution in [3.63, 3.8) is 0 Å². The molecule has 0 aromatic heterocycles. The first-order chi connectivity index (χ1) is 5.75. The molecule has 0 heterocycles. The molecule has 0 saturated carbocycles. The van der Waals surface area contributed by atoms with Gasteiger partial charge in [-0.15, -0.1) is 0 Å². The van der Waals surface area contributed by atoms with E-state index in [4.69, 9.17) is 0 Å². The molecular weight excluding hydrogens is 196 g/mol. The first kappa shape index (κ1) is 13.7. The minimum absolute atomic E-state index is 0.609. The fraction of sp³-hybridized carbons (Fsp3) is 1.00. The summed E-state index contributed by atoms with van der Waals surface area (Å²) in [5.74, 6) is -3.72. The van der Waals surface area contributed by atoms with E-state index in [0.29, 0.717) is 6.92 Å². The van der Waals surface area contributed by atoms with Crippen LogP contribution >= 0.6 is 0 Å². The van der Waals surface area contributed by atoms with Gasteiger partial charge in [0.2, 0.25) is 5.67 Å². The zero-order valence-corrected chi connectivity index (χ0v) is 9.51. The monoisotopic (exact) mass is 214 g/mol. The van der Waals surface area contributed by atoms with Crippen molar-refractivity contribution in [1.29, 1.82) is 0 Å². The van der Waals surface area contributed by atoms with Gasteiger partial charge in [0, 0.05) is 5.41 Å². The van der Waals surface area contributed by atoms with Gasteiger partial charge < -0.3 is 0 Å². The molecule has 0 nitrogen and oxygen atoms in total. The Kier molecular flexibility index (Phi) is 3.04. The molecule has 0 aliphatic rings. The molecular formula is C10H18F4. The Hall–Kier alpha value is -0.280. The predicted molar refractivity (Wildman–Crippen MR) is 49.1 cm³/mol. The van der Waals surface area contributed by atoms with Crippen molar-refractivity contribution >= 4 is 0 Å². The summed E-state index contributed by atoms with van der Waals surface area (Å²) in [5.41, 5.74) is -7.37. The molecule has 1 unspecified atom stereocenters. The van der Waals surface area contributed by atoms with Gasteiger partial charge in [-0.05, 0) is 20.8 Å². The third-order valence-electron chi connectivity index (χ3n) is 2.65. The zero-order chi connectivity index (χ0) is 12.0. The largest absolute Gasteiger partial charge is 0.289 e. The molecule has 1 atom stereocenters. The second-order valence-corrected chi connectivity index (χ2v) is 5.30. The molecule has 0 radical (unpaired) electrons. The normalized spacial score (nSPS) is 19.3. The molecule has 0 spiro atoms. The van der Waals surface area contributed by atoms with Crippen LogP contribution in [0.15, 0.2) is 0 Å². The fourth-order valence-electron chi connectivity index (χ4n) is 1.08. The molecule has 0 aliphatic heterocycles. The molecule has 0 aliphatic carbocycles. The highest BCUT2D eigenvalue weighted by molar-refractivity contribution is 5.06. The number of rotatable bonds is 2. The van der Waals surface area contributed by atoms with E-state index in [1.807, 2.05) is 0 Å². The van der Waals surface area contributed by atoms with E-state index < -0.39 is 22.7 Å². The molecule has 4 heteroatoms. The van der Waals surface area contributed by atoms with Crippen LogP contribution in [0, 0.1) is 5.41 Å². The highest BCUT2D eigenvalue weighted by atomic mass is 19.3. The number of halogens is 4. The van der Waals surface area contributed by atoms with E-state index in [9.17, 15) is 17.6 Å². The maximum Gasteiger partial charge on any atom is 0.289 e. The molecule has 14 heavy (non-hydrogen) atoms. The van der Waals surface area contributed by atoms with Crippen molar-refractivity contribution < 1.29 is 17.6 Å². The smallest absolute Gasteiger partial charge is 0.241 e. The lowest BCUT2D eigenvalue weighted by molar-refractivity contribution is -0.234. The number of hydrogen-bond acceptors (Lipinski definition) is 0. The van der Waals surface area contributed by atoms with E-state index in [1.165, 1.54) is 20.8 Å². The minimum atomic E-state index is -3.72. The standard InChI is InChI=1S/C10H18F4/c1-7(2,3)10(13,14)9(6,12)8(4,5)11/h1-6H3. The fourth-order valence-corrected chi connectivity index (χ4v) is 1.08. The second kappa shape index (κ2) is 3.11. The van der Waals surface area contributed by atoms with Crippen LogP contribution in [0.25, 0.3) is 0 Å². The summed E-state index contributed by atoms with van der Waals surface area (Å²) in [6.45, 7) is 5.83. The van der Waals surface area contributed by atoms with Crippen LogP contribution in [-0.2, 0) is 0 Å². The summed E-state index contributed by atoms with van der Waals surface area (Å²) in [7, 11) is 0. The quantitative estimate of drug-likeness (QED) is 0.606. The number of alkyl halides is 4. The first-order valence-corrected chi connectivity index (χ1v) is 4.51. The topological polar surface area (TPSA) is 0 Å². The van der Waals surface area contributed by atoms with Gasteiger partial charge in [-0.1, -0.05) is 20.8 Å². The van der Waals surface area contributed by atoms with E-state index in [1.54, 1.807) is 0 Å². The van der Waals surface area contributed by atoms with Gasteiger partial charge in [-0.3, -0.25) is 0 Å². The van der Waals surface area contributed by atoms with Gasteiger partial charge in [0.05, 0.1) is 0 Å². The van der Waals surface area contributed by atoms with Crippen molar-refractivity contribution in [3.05, 3.63) is 0 Å². The predicted octanol–water partition coefficient (Wildman–Crippen LogP) is 4.14. The Bertz CT molecular complexity index is 181. The summed E-state index contributed by atoms with van der Waals surface area (Å²) in [5, 5.41) is 0. The van der Waals surface area contributed by atoms with Crippen LogP contribution in [-0.4, -0.2) is 17.3 Å². The molecule has 0 amide bonds. The third-order valence-corrected chi connectivity index (χ3v) is 2.65. The Balaban J connectivity index is 5.30. The third kappa shape index (κ3) is 1.89. The van der Waals surface area contributed by atoms with E-state index in [0.717, 1.165) is 13.8 Å². The van der Waals surface area contributed by atoms with E-state index in [-0.39, 0.29) is 0 Å². The Morgan fingerprint density at radius 3 is 1.00 bits per heavy atom. The molecule has 0 bridgehead atoms. The lowest BCUT2D eigenvalue weighted by Gasteiger charge is -2.43. The average Bonchev–Trinajstić information content (AvgIpc) is 1.81. The average molecular weight is 214 g/mol. The highest BCUT2D eigenvalue weighted by Gasteiger charge is 2.65. The molecule has 0 fully saturated rings. The van der Waals surface area contributed by atoms with Crippen LogP contribution in [0.2, 0.25) is 0 Å². The summed E-state index contributed by atoms with van der Waals surface area (Å²) in [4.78, 5) is 0. The molecule has 0 aromatic rings. The lowest BCUT2D eigenvalue weighted by atomic mass is 9.73. The van der Waals surface area contributed by atoms with Gasteiger partial charge in [-0.25, -0.2) is 17.6 Å². The van der Waals surface area contributed by atoms with Crippen molar-refractivity contribution in [2.24, 2.45) is 5.41 Å². The zero-order valence-electron chi connectivity index (χ0n) is 9.51. The van der Waals surface area contributed by atoms with Gasteiger partial charge in [0.15, 0.2) is 0 Å². The van der Waals surface area contributed by atoms with Crippen LogP contribution in [0.5, 0.6) is 0 Å². The van der Waals surface area contributed by atoms with Gasteiger partial charge in [0.1, 0.15) is 5.67 Å². The molecule has 0 rings (SSSR count). The Morgan fingerprint density at radius 2 is 0.929 bits per heavy atom. The summed E-state index contributed by atoms with van der Waals surface area (Å²) >= 11 is 0. The van der Waals surface area contributed by atoms with Crippen molar-refractivity contribution in [3.8, 4) is 0 Å². The Morgan fingerprint density at radius 1 is 0.643 bits per heavy atom. The lowest BCUT2D eigenvalue weighted by Crippen LogP contribution is -2.59.